The predicted octanol–water partition coefficient (Wildman–Crippen LogP) is 3.88. The van der Waals surface area contributed by atoms with Crippen molar-refractivity contribution in [3.05, 3.63) is 53.6 Å². The Kier molecular flexibility index (Phi) is 7.34. The summed E-state index contributed by atoms with van der Waals surface area (Å²) in [6.45, 7) is 0.338. The van der Waals surface area contributed by atoms with Gasteiger partial charge >= 0.3 is 6.61 Å². The van der Waals surface area contributed by atoms with Gasteiger partial charge < -0.3 is 10.1 Å². The third-order valence-electron chi connectivity index (χ3n) is 3.70. The molecule has 0 radical (unpaired) electrons. The minimum absolute atomic E-state index is 0.0324. The van der Waals surface area contributed by atoms with Crippen LogP contribution in [0.2, 0.25) is 5.02 Å². The normalized spacial score (nSPS) is 12.8. The van der Waals surface area contributed by atoms with E-state index in [9.17, 15) is 22.0 Å². The monoisotopic (exact) mass is 432 g/mol. The summed E-state index contributed by atoms with van der Waals surface area (Å²) in [6.07, 6.45) is 0. The Bertz CT molecular complexity index is 924. The lowest BCUT2D eigenvalue weighted by atomic mass is 10.0. The van der Waals surface area contributed by atoms with E-state index in [1.165, 1.54) is 30.3 Å². The average Bonchev–Trinajstić information content (AvgIpc) is 2.62. The second kappa shape index (κ2) is 9.31. The van der Waals surface area contributed by atoms with Crippen LogP contribution < -0.4 is 14.8 Å². The molecule has 0 saturated carbocycles. The highest BCUT2D eigenvalue weighted by Crippen LogP contribution is 2.29. The summed E-state index contributed by atoms with van der Waals surface area (Å²) in [7, 11) is -3.91. The Labute approximate surface area is 166 Å². The number of sulfonamides is 1. The fraction of sp³-hybridized carbons (Fsp3) is 0.278. The number of ether oxygens (including phenoxy) is 1. The Morgan fingerprint density at radius 1 is 1.11 bits per heavy atom. The molecule has 0 aromatic heterocycles. The largest absolute Gasteiger partial charge is 0.433 e. The number of hydrogen-bond acceptors (Lipinski definition) is 4. The highest BCUT2D eigenvalue weighted by Gasteiger charge is 2.28. The van der Waals surface area contributed by atoms with Crippen molar-refractivity contribution in [1.82, 2.24) is 4.72 Å². The maximum atomic E-state index is 12.6. The molecular weight excluding hydrogens is 414 g/mol. The van der Waals surface area contributed by atoms with Crippen LogP contribution in [-0.2, 0) is 14.8 Å². The van der Waals surface area contributed by atoms with E-state index in [0.29, 0.717) is 0 Å². The van der Waals surface area contributed by atoms with Gasteiger partial charge in [0.1, 0.15) is 11.8 Å². The van der Waals surface area contributed by atoms with Gasteiger partial charge in [-0.1, -0.05) is 43.6 Å². The van der Waals surface area contributed by atoms with Gasteiger partial charge in [-0.3, -0.25) is 4.79 Å². The van der Waals surface area contributed by atoms with Crippen molar-refractivity contribution in [3.63, 3.8) is 0 Å². The molecule has 0 aliphatic carbocycles. The predicted molar refractivity (Wildman–Crippen MR) is 102 cm³/mol. The molecule has 0 saturated heterocycles. The van der Waals surface area contributed by atoms with E-state index < -0.39 is 28.6 Å². The lowest BCUT2D eigenvalue weighted by molar-refractivity contribution is -0.118. The summed E-state index contributed by atoms with van der Waals surface area (Å²) in [5.41, 5.74) is 0.209. The Morgan fingerprint density at radius 2 is 1.75 bits per heavy atom. The Balaban J connectivity index is 2.16. The molecule has 0 heterocycles. The van der Waals surface area contributed by atoms with Crippen LogP contribution in [0.4, 0.5) is 14.5 Å². The Hall–Kier alpha value is -2.23. The van der Waals surface area contributed by atoms with E-state index in [-0.39, 0.29) is 27.3 Å². The Morgan fingerprint density at radius 3 is 2.29 bits per heavy atom. The van der Waals surface area contributed by atoms with E-state index in [0.717, 1.165) is 0 Å². The third kappa shape index (κ3) is 5.88. The van der Waals surface area contributed by atoms with Crippen molar-refractivity contribution in [3.8, 4) is 5.75 Å². The van der Waals surface area contributed by atoms with Crippen molar-refractivity contribution in [1.29, 1.82) is 0 Å². The number of carbonyl (C=O) groups is 1. The molecule has 2 aromatic carbocycles. The second-order valence-electron chi connectivity index (χ2n) is 6.17. The number of carbonyl (C=O) groups excluding carboxylic acids is 1. The van der Waals surface area contributed by atoms with E-state index >= 15 is 0 Å². The molecule has 6 nitrogen and oxygen atoms in total. The van der Waals surface area contributed by atoms with Gasteiger partial charge in [0.2, 0.25) is 15.9 Å². The van der Waals surface area contributed by atoms with Gasteiger partial charge in [0, 0.05) is 5.69 Å². The van der Waals surface area contributed by atoms with Crippen molar-refractivity contribution in [2.45, 2.75) is 31.4 Å². The van der Waals surface area contributed by atoms with Gasteiger partial charge in [0.05, 0.1) is 9.92 Å². The minimum Gasteiger partial charge on any atom is -0.433 e. The summed E-state index contributed by atoms with van der Waals surface area (Å²) in [6, 6.07) is 10.3. The third-order valence-corrected chi connectivity index (χ3v) is 5.45. The van der Waals surface area contributed by atoms with E-state index in [4.69, 9.17) is 11.6 Å². The number of alkyl halides is 2. The number of hydrogen-bond donors (Lipinski definition) is 2. The molecule has 0 spiro atoms. The maximum absolute atomic E-state index is 12.6. The summed E-state index contributed by atoms with van der Waals surface area (Å²) in [5.74, 6) is -1.22. The van der Waals surface area contributed by atoms with Crippen molar-refractivity contribution < 1.29 is 26.7 Å². The van der Waals surface area contributed by atoms with Crippen LogP contribution in [-0.4, -0.2) is 27.0 Å². The van der Waals surface area contributed by atoms with Gasteiger partial charge in [-0.15, -0.1) is 0 Å². The quantitative estimate of drug-likeness (QED) is 0.663. The van der Waals surface area contributed by atoms with Crippen LogP contribution in [0.25, 0.3) is 0 Å². The molecule has 152 valence electrons. The zero-order chi connectivity index (χ0) is 20.9. The zero-order valence-corrected chi connectivity index (χ0v) is 16.6. The highest BCUT2D eigenvalue weighted by molar-refractivity contribution is 7.89. The fourth-order valence-corrected chi connectivity index (χ4v) is 3.91. The molecule has 0 unspecified atom stereocenters. The van der Waals surface area contributed by atoms with Crippen molar-refractivity contribution >= 4 is 33.2 Å². The molecular formula is C18H19ClF2N2O4S. The first-order valence-corrected chi connectivity index (χ1v) is 10.1. The van der Waals surface area contributed by atoms with Crippen LogP contribution in [0, 0.1) is 5.92 Å². The standard InChI is InChI=1S/C18H19ClF2N2O4S/c1-11(2)16(23-28(25,26)13-6-4-3-5-7-13)17(24)22-12-8-9-15(14(19)10-12)27-18(20)21/h3-11,16,18,23H,1-2H3,(H,22,24)/t16-/m0/s1. The molecule has 28 heavy (non-hydrogen) atoms. The topological polar surface area (TPSA) is 84.5 Å². The molecule has 2 rings (SSSR count). The number of amides is 1. The first kappa shape index (κ1) is 22.1. The summed E-state index contributed by atoms with van der Waals surface area (Å²) >= 11 is 5.86. The zero-order valence-electron chi connectivity index (χ0n) is 15.0. The highest BCUT2D eigenvalue weighted by atomic mass is 35.5. The van der Waals surface area contributed by atoms with Gasteiger partial charge in [0.25, 0.3) is 0 Å². The summed E-state index contributed by atoms with van der Waals surface area (Å²) < 4.78 is 56.2. The number of nitrogens with one attached hydrogen (secondary N) is 2. The SMILES string of the molecule is CC(C)[C@H](NS(=O)(=O)c1ccccc1)C(=O)Nc1ccc(OC(F)F)c(Cl)c1. The van der Waals surface area contributed by atoms with Gasteiger partial charge in [0.15, 0.2) is 0 Å². The number of rotatable bonds is 8. The molecule has 10 heteroatoms. The first-order chi connectivity index (χ1) is 13.1. The fourth-order valence-electron chi connectivity index (χ4n) is 2.32. The number of halogens is 3. The lowest BCUT2D eigenvalue weighted by Gasteiger charge is -2.22. The maximum Gasteiger partial charge on any atom is 0.387 e. The average molecular weight is 433 g/mol. The minimum atomic E-state index is -3.91. The molecule has 0 fully saturated rings. The van der Waals surface area contributed by atoms with Crippen LogP contribution in [0.1, 0.15) is 13.8 Å². The van der Waals surface area contributed by atoms with Gasteiger partial charge in [-0.2, -0.15) is 13.5 Å². The smallest absolute Gasteiger partial charge is 0.387 e. The number of anilines is 1. The molecule has 0 aliphatic heterocycles. The van der Waals surface area contributed by atoms with Crippen LogP contribution in [0.3, 0.4) is 0 Å². The van der Waals surface area contributed by atoms with E-state index in [1.807, 2.05) is 0 Å². The molecule has 2 aromatic rings. The lowest BCUT2D eigenvalue weighted by Crippen LogP contribution is -2.47. The molecule has 1 atom stereocenters. The number of benzene rings is 2. The van der Waals surface area contributed by atoms with Gasteiger partial charge in [-0.25, -0.2) is 8.42 Å². The van der Waals surface area contributed by atoms with Crippen LogP contribution >= 0.6 is 11.6 Å². The van der Waals surface area contributed by atoms with Gasteiger partial charge in [-0.05, 0) is 36.2 Å². The first-order valence-electron chi connectivity index (χ1n) is 8.23. The van der Waals surface area contributed by atoms with Crippen LogP contribution in [0.5, 0.6) is 5.75 Å². The molecule has 2 N–H and O–H groups in total. The molecule has 0 aliphatic rings. The summed E-state index contributed by atoms with van der Waals surface area (Å²) in [4.78, 5) is 12.6. The second-order valence-corrected chi connectivity index (χ2v) is 8.29. The molecule has 0 bridgehead atoms. The van der Waals surface area contributed by atoms with E-state index in [2.05, 4.69) is 14.8 Å². The van der Waals surface area contributed by atoms with Crippen LogP contribution in [0.15, 0.2) is 53.4 Å². The molecule has 1 amide bonds. The van der Waals surface area contributed by atoms with E-state index in [1.54, 1.807) is 32.0 Å². The van der Waals surface area contributed by atoms with Crippen molar-refractivity contribution in [2.24, 2.45) is 5.92 Å². The summed E-state index contributed by atoms with van der Waals surface area (Å²) in [5, 5.41) is 2.40. The van der Waals surface area contributed by atoms with Crippen molar-refractivity contribution in [2.75, 3.05) is 5.32 Å².